The van der Waals surface area contributed by atoms with Gasteiger partial charge in [0, 0.05) is 25.4 Å². The van der Waals surface area contributed by atoms with Crippen LogP contribution in [0.3, 0.4) is 0 Å². The van der Waals surface area contributed by atoms with E-state index in [9.17, 15) is 5.11 Å². The fourth-order valence-corrected chi connectivity index (χ4v) is 0.594. The Morgan fingerprint density at radius 3 is 2.33 bits per heavy atom. The lowest BCUT2D eigenvalue weighted by molar-refractivity contribution is 0.412. The number of hydrogen-bond acceptors (Lipinski definition) is 2. The molecule has 12 heavy (non-hydrogen) atoms. The third kappa shape index (κ3) is 3.28. The van der Waals surface area contributed by atoms with Crippen molar-refractivity contribution in [2.75, 3.05) is 13.6 Å². The molecule has 0 aliphatic heterocycles. The van der Waals surface area contributed by atoms with E-state index >= 15 is 0 Å². The van der Waals surface area contributed by atoms with Crippen molar-refractivity contribution >= 4 is 0 Å². The lowest BCUT2D eigenvalue weighted by Gasteiger charge is -2.16. The smallest absolute Gasteiger partial charge is 0.119 e. The van der Waals surface area contributed by atoms with Crippen LogP contribution >= 0.6 is 0 Å². The van der Waals surface area contributed by atoms with Crippen LogP contribution in [0.25, 0.3) is 0 Å². The van der Waals surface area contributed by atoms with E-state index in [-0.39, 0.29) is 5.76 Å². The molecular formula is C10H17NO. The lowest BCUT2D eigenvalue weighted by atomic mass is 10.2. The largest absolute Gasteiger partial charge is 0.508 e. The van der Waals surface area contributed by atoms with E-state index < -0.39 is 0 Å². The molecule has 0 saturated carbocycles. The van der Waals surface area contributed by atoms with Crippen LogP contribution in [-0.4, -0.2) is 23.6 Å². The van der Waals surface area contributed by atoms with Gasteiger partial charge in [0.05, 0.1) is 0 Å². The molecule has 0 spiro atoms. The molecule has 0 atom stereocenters. The number of likely N-dealkylation sites (N-methyl/N-ethyl adjacent to an activating group) is 1. The number of aliphatic hydroxyl groups excluding tert-OH is 1. The molecule has 0 fully saturated rings. The molecule has 0 bridgehead atoms. The predicted molar refractivity (Wildman–Crippen MR) is 53.0 cm³/mol. The first-order valence-electron chi connectivity index (χ1n) is 3.95. The van der Waals surface area contributed by atoms with E-state index in [0.717, 1.165) is 12.2 Å². The van der Waals surface area contributed by atoms with E-state index in [0.29, 0.717) is 5.57 Å². The SMILES string of the molecule is C=C(C)/C(O)=C\C(=C)N(C)CC. The molecule has 0 aromatic heterocycles. The molecule has 0 aromatic rings. The summed E-state index contributed by atoms with van der Waals surface area (Å²) < 4.78 is 0. The van der Waals surface area contributed by atoms with Gasteiger partial charge in [0.25, 0.3) is 0 Å². The van der Waals surface area contributed by atoms with Gasteiger partial charge in [-0.3, -0.25) is 0 Å². The van der Waals surface area contributed by atoms with Crippen molar-refractivity contribution in [3.8, 4) is 0 Å². The van der Waals surface area contributed by atoms with E-state index in [1.54, 1.807) is 13.0 Å². The van der Waals surface area contributed by atoms with Crippen LogP contribution in [0, 0.1) is 0 Å². The minimum Gasteiger partial charge on any atom is -0.508 e. The molecule has 68 valence electrons. The zero-order valence-electron chi connectivity index (χ0n) is 8.09. The van der Waals surface area contributed by atoms with E-state index in [1.807, 2.05) is 18.9 Å². The number of hydrogen-bond donors (Lipinski definition) is 1. The van der Waals surface area contributed by atoms with Crippen molar-refractivity contribution in [3.05, 3.63) is 36.3 Å². The second-order valence-corrected chi connectivity index (χ2v) is 2.82. The number of rotatable bonds is 4. The van der Waals surface area contributed by atoms with Crippen LogP contribution in [0.5, 0.6) is 0 Å². The summed E-state index contributed by atoms with van der Waals surface area (Å²) in [6.45, 7) is 12.1. The molecule has 0 rings (SSSR count). The quantitative estimate of drug-likeness (QED) is 0.513. The summed E-state index contributed by atoms with van der Waals surface area (Å²) in [7, 11) is 1.92. The minimum absolute atomic E-state index is 0.195. The number of allylic oxidation sites excluding steroid dienone is 2. The van der Waals surface area contributed by atoms with Crippen molar-refractivity contribution in [1.29, 1.82) is 0 Å². The summed E-state index contributed by atoms with van der Waals surface area (Å²) in [5.41, 5.74) is 1.44. The Morgan fingerprint density at radius 2 is 2.00 bits per heavy atom. The summed E-state index contributed by atoms with van der Waals surface area (Å²) in [6.07, 6.45) is 1.62. The van der Waals surface area contributed by atoms with Gasteiger partial charge in [0.2, 0.25) is 0 Å². The van der Waals surface area contributed by atoms with Gasteiger partial charge in [-0.2, -0.15) is 0 Å². The standard InChI is InChI=1S/C10H17NO/c1-6-11(5)9(4)7-10(12)8(2)3/h7,12H,2,4,6H2,1,3,5H3/b10-7+. The normalized spacial score (nSPS) is 11.1. The van der Waals surface area contributed by atoms with Gasteiger partial charge in [-0.25, -0.2) is 0 Å². The van der Waals surface area contributed by atoms with Gasteiger partial charge < -0.3 is 10.0 Å². The van der Waals surface area contributed by atoms with Crippen molar-refractivity contribution in [2.45, 2.75) is 13.8 Å². The average Bonchev–Trinajstić information content (AvgIpc) is 2.02. The second-order valence-electron chi connectivity index (χ2n) is 2.82. The Hall–Kier alpha value is -1.18. The average molecular weight is 167 g/mol. The van der Waals surface area contributed by atoms with Gasteiger partial charge in [0.1, 0.15) is 5.76 Å². The zero-order valence-corrected chi connectivity index (χ0v) is 8.09. The van der Waals surface area contributed by atoms with Crippen molar-refractivity contribution in [1.82, 2.24) is 4.90 Å². The van der Waals surface area contributed by atoms with E-state index in [2.05, 4.69) is 13.2 Å². The van der Waals surface area contributed by atoms with Crippen LogP contribution in [0.15, 0.2) is 36.3 Å². The maximum absolute atomic E-state index is 9.32. The second kappa shape index (κ2) is 4.65. The predicted octanol–water partition coefficient (Wildman–Crippen LogP) is 2.47. The highest BCUT2D eigenvalue weighted by molar-refractivity contribution is 5.27. The molecule has 0 aliphatic carbocycles. The molecular weight excluding hydrogens is 150 g/mol. The van der Waals surface area contributed by atoms with Crippen molar-refractivity contribution in [2.24, 2.45) is 0 Å². The molecule has 0 aromatic carbocycles. The first-order chi connectivity index (χ1) is 5.49. The molecule has 0 heterocycles. The Labute approximate surface area is 74.5 Å². The monoisotopic (exact) mass is 167 g/mol. The summed E-state index contributed by atoms with van der Waals surface area (Å²) in [6, 6.07) is 0. The Balaban J connectivity index is 4.34. The van der Waals surface area contributed by atoms with Crippen LogP contribution in [0.4, 0.5) is 0 Å². The molecule has 1 N–H and O–H groups in total. The third-order valence-electron chi connectivity index (χ3n) is 1.71. The lowest BCUT2D eigenvalue weighted by Crippen LogP contribution is -2.14. The highest BCUT2D eigenvalue weighted by Gasteiger charge is 1.98. The van der Waals surface area contributed by atoms with Crippen molar-refractivity contribution in [3.63, 3.8) is 0 Å². The van der Waals surface area contributed by atoms with Gasteiger partial charge in [0.15, 0.2) is 0 Å². The number of aliphatic hydroxyl groups is 1. The van der Waals surface area contributed by atoms with Crippen molar-refractivity contribution < 1.29 is 5.11 Å². The molecule has 2 heteroatoms. The zero-order chi connectivity index (χ0) is 9.72. The Bertz CT molecular complexity index is 216. The first kappa shape index (κ1) is 10.8. The van der Waals surface area contributed by atoms with Crippen LogP contribution in [0.1, 0.15) is 13.8 Å². The highest BCUT2D eigenvalue weighted by atomic mass is 16.3. The van der Waals surface area contributed by atoms with Crippen LogP contribution in [0.2, 0.25) is 0 Å². The van der Waals surface area contributed by atoms with Gasteiger partial charge in [-0.1, -0.05) is 13.2 Å². The first-order valence-corrected chi connectivity index (χ1v) is 3.95. The molecule has 0 amide bonds. The van der Waals surface area contributed by atoms with Crippen LogP contribution < -0.4 is 0 Å². The van der Waals surface area contributed by atoms with Gasteiger partial charge in [-0.05, 0) is 19.4 Å². The summed E-state index contributed by atoms with van der Waals surface area (Å²) in [5, 5.41) is 9.32. The van der Waals surface area contributed by atoms with Gasteiger partial charge >= 0.3 is 0 Å². The highest BCUT2D eigenvalue weighted by Crippen LogP contribution is 2.07. The maximum Gasteiger partial charge on any atom is 0.119 e. The molecule has 0 saturated heterocycles. The fourth-order valence-electron chi connectivity index (χ4n) is 0.594. The maximum atomic E-state index is 9.32. The Kier molecular flexibility index (Phi) is 4.19. The fraction of sp³-hybridized carbons (Fsp3) is 0.400. The Morgan fingerprint density at radius 1 is 1.50 bits per heavy atom. The van der Waals surface area contributed by atoms with E-state index in [4.69, 9.17) is 0 Å². The topological polar surface area (TPSA) is 23.5 Å². The van der Waals surface area contributed by atoms with Gasteiger partial charge in [-0.15, -0.1) is 0 Å². The summed E-state index contributed by atoms with van der Waals surface area (Å²) in [4.78, 5) is 1.94. The third-order valence-corrected chi connectivity index (χ3v) is 1.71. The molecule has 2 nitrogen and oxygen atoms in total. The molecule has 0 radical (unpaired) electrons. The molecule has 0 aliphatic rings. The molecule has 0 unspecified atom stereocenters. The van der Waals surface area contributed by atoms with E-state index in [1.165, 1.54) is 0 Å². The van der Waals surface area contributed by atoms with Crippen LogP contribution in [-0.2, 0) is 0 Å². The number of nitrogens with zero attached hydrogens (tertiary/aromatic N) is 1. The summed E-state index contributed by atoms with van der Waals surface area (Å²) in [5.74, 6) is 0.195. The summed E-state index contributed by atoms with van der Waals surface area (Å²) >= 11 is 0. The minimum atomic E-state index is 0.195.